The molecule has 0 aliphatic carbocycles. The number of benzene rings is 1. The molecule has 0 amide bonds. The van der Waals surface area contributed by atoms with E-state index >= 15 is 0 Å². The van der Waals surface area contributed by atoms with Crippen LogP contribution in [-0.2, 0) is 9.53 Å². The average Bonchev–Trinajstić information content (AvgIpc) is 2.31. The molecule has 0 aromatic heterocycles. The number of hydrogen-bond acceptors (Lipinski definition) is 3. The van der Waals surface area contributed by atoms with Gasteiger partial charge in [0.05, 0.1) is 6.61 Å². The van der Waals surface area contributed by atoms with Gasteiger partial charge in [0, 0.05) is 12.2 Å². The van der Waals surface area contributed by atoms with Crippen molar-refractivity contribution in [2.75, 3.05) is 18.1 Å². The second kappa shape index (κ2) is 6.16. The Kier molecular flexibility index (Phi) is 4.83. The second-order valence-corrected chi connectivity index (χ2v) is 3.55. The predicted octanol–water partition coefficient (Wildman–Crippen LogP) is 2.46. The summed E-state index contributed by atoms with van der Waals surface area (Å²) in [5, 5.41) is 0. The van der Waals surface area contributed by atoms with Crippen molar-refractivity contribution in [1.29, 1.82) is 0 Å². The van der Waals surface area contributed by atoms with E-state index in [0.717, 1.165) is 12.2 Å². The van der Waals surface area contributed by atoms with Crippen LogP contribution in [0.15, 0.2) is 30.3 Å². The molecule has 3 heteroatoms. The zero-order chi connectivity index (χ0) is 12.0. The largest absolute Gasteiger partial charge is 0.464 e. The minimum Gasteiger partial charge on any atom is -0.464 e. The topological polar surface area (TPSA) is 29.5 Å². The summed E-state index contributed by atoms with van der Waals surface area (Å²) >= 11 is 0. The van der Waals surface area contributed by atoms with Crippen LogP contribution in [0, 0.1) is 0 Å². The Balaban J connectivity index is 2.78. The highest BCUT2D eigenvalue weighted by Crippen LogP contribution is 2.16. The van der Waals surface area contributed by atoms with Crippen LogP contribution in [0.5, 0.6) is 0 Å². The molecular weight excluding hydrogens is 202 g/mol. The van der Waals surface area contributed by atoms with Crippen molar-refractivity contribution >= 4 is 11.7 Å². The lowest BCUT2D eigenvalue weighted by Crippen LogP contribution is -2.40. The minimum absolute atomic E-state index is 0.173. The Labute approximate surface area is 97.0 Å². The first-order valence-electron chi connectivity index (χ1n) is 5.69. The molecule has 0 aliphatic rings. The molecule has 1 unspecified atom stereocenters. The molecule has 0 radical (unpaired) electrons. The maximum Gasteiger partial charge on any atom is 0.328 e. The molecule has 1 atom stereocenters. The van der Waals surface area contributed by atoms with Gasteiger partial charge in [-0.05, 0) is 32.9 Å². The molecular formula is C13H19NO2. The predicted molar refractivity (Wildman–Crippen MR) is 65.6 cm³/mol. The summed E-state index contributed by atoms with van der Waals surface area (Å²) in [5.41, 5.74) is 1.05. The van der Waals surface area contributed by atoms with Crippen LogP contribution in [0.1, 0.15) is 20.8 Å². The van der Waals surface area contributed by atoms with Gasteiger partial charge in [0.25, 0.3) is 0 Å². The van der Waals surface area contributed by atoms with Crippen molar-refractivity contribution < 1.29 is 9.53 Å². The molecule has 1 rings (SSSR count). The van der Waals surface area contributed by atoms with E-state index in [0.29, 0.717) is 6.61 Å². The minimum atomic E-state index is -0.243. The van der Waals surface area contributed by atoms with Gasteiger partial charge in [0.15, 0.2) is 0 Å². The number of rotatable bonds is 5. The quantitative estimate of drug-likeness (QED) is 0.715. The fraction of sp³-hybridized carbons (Fsp3) is 0.462. The lowest BCUT2D eigenvalue weighted by atomic mass is 10.2. The molecule has 0 bridgehead atoms. The van der Waals surface area contributed by atoms with Gasteiger partial charge < -0.3 is 9.64 Å². The van der Waals surface area contributed by atoms with Crippen LogP contribution in [-0.4, -0.2) is 25.2 Å². The van der Waals surface area contributed by atoms with Crippen molar-refractivity contribution in [1.82, 2.24) is 0 Å². The number of para-hydroxylation sites is 1. The summed E-state index contributed by atoms with van der Waals surface area (Å²) in [5.74, 6) is -0.173. The van der Waals surface area contributed by atoms with Gasteiger partial charge in [0.1, 0.15) is 6.04 Å². The number of carbonyl (C=O) groups excluding carboxylic acids is 1. The van der Waals surface area contributed by atoms with Crippen LogP contribution in [0.25, 0.3) is 0 Å². The van der Waals surface area contributed by atoms with Crippen LogP contribution in [0.3, 0.4) is 0 Å². The van der Waals surface area contributed by atoms with Crippen molar-refractivity contribution in [3.05, 3.63) is 30.3 Å². The monoisotopic (exact) mass is 221 g/mol. The van der Waals surface area contributed by atoms with Crippen LogP contribution in [0.2, 0.25) is 0 Å². The van der Waals surface area contributed by atoms with Gasteiger partial charge >= 0.3 is 5.97 Å². The fourth-order valence-electron chi connectivity index (χ4n) is 1.69. The smallest absolute Gasteiger partial charge is 0.328 e. The van der Waals surface area contributed by atoms with E-state index in [1.807, 2.05) is 56.0 Å². The molecule has 88 valence electrons. The molecule has 3 nitrogen and oxygen atoms in total. The van der Waals surface area contributed by atoms with Gasteiger partial charge in [-0.1, -0.05) is 18.2 Å². The molecule has 0 heterocycles. The van der Waals surface area contributed by atoms with Crippen LogP contribution in [0.4, 0.5) is 5.69 Å². The summed E-state index contributed by atoms with van der Waals surface area (Å²) in [6, 6.07) is 9.66. The second-order valence-electron chi connectivity index (χ2n) is 3.55. The molecule has 0 saturated carbocycles. The molecule has 1 aromatic rings. The van der Waals surface area contributed by atoms with Gasteiger partial charge in [-0.15, -0.1) is 0 Å². The Morgan fingerprint density at radius 2 is 1.94 bits per heavy atom. The number of likely N-dealkylation sites (N-methyl/N-ethyl adjacent to an activating group) is 1. The van der Waals surface area contributed by atoms with E-state index in [2.05, 4.69) is 0 Å². The summed E-state index contributed by atoms with van der Waals surface area (Å²) in [4.78, 5) is 13.7. The average molecular weight is 221 g/mol. The Hall–Kier alpha value is -1.51. The third-order valence-corrected chi connectivity index (χ3v) is 2.52. The number of anilines is 1. The first kappa shape index (κ1) is 12.6. The number of hydrogen-bond donors (Lipinski definition) is 0. The van der Waals surface area contributed by atoms with Crippen molar-refractivity contribution in [3.63, 3.8) is 0 Å². The number of nitrogens with zero attached hydrogens (tertiary/aromatic N) is 1. The van der Waals surface area contributed by atoms with Crippen molar-refractivity contribution in [2.24, 2.45) is 0 Å². The Morgan fingerprint density at radius 3 is 2.44 bits per heavy atom. The fourth-order valence-corrected chi connectivity index (χ4v) is 1.69. The zero-order valence-corrected chi connectivity index (χ0v) is 10.1. The van der Waals surface area contributed by atoms with Gasteiger partial charge in [-0.3, -0.25) is 0 Å². The maximum absolute atomic E-state index is 11.7. The lowest BCUT2D eigenvalue weighted by Gasteiger charge is -2.28. The van der Waals surface area contributed by atoms with Crippen LogP contribution >= 0.6 is 0 Å². The molecule has 1 aromatic carbocycles. The highest BCUT2D eigenvalue weighted by molar-refractivity contribution is 5.79. The highest BCUT2D eigenvalue weighted by Gasteiger charge is 2.21. The molecule has 16 heavy (non-hydrogen) atoms. The molecule has 0 fully saturated rings. The van der Waals surface area contributed by atoms with Crippen LogP contribution < -0.4 is 4.90 Å². The SMILES string of the molecule is CCOC(=O)C(C)N(CC)c1ccccc1. The highest BCUT2D eigenvalue weighted by atomic mass is 16.5. The standard InChI is InChI=1S/C13H19NO2/c1-4-14(11(3)13(15)16-5-2)12-9-7-6-8-10-12/h6-11H,4-5H2,1-3H3. The van der Waals surface area contributed by atoms with E-state index < -0.39 is 0 Å². The van der Waals surface area contributed by atoms with Gasteiger partial charge in [0.2, 0.25) is 0 Å². The number of esters is 1. The zero-order valence-electron chi connectivity index (χ0n) is 10.1. The molecule has 0 spiro atoms. The van der Waals surface area contributed by atoms with E-state index in [-0.39, 0.29) is 12.0 Å². The summed E-state index contributed by atoms with van der Waals surface area (Å²) in [6.45, 7) is 6.93. The van der Waals surface area contributed by atoms with E-state index in [9.17, 15) is 4.79 Å². The number of carbonyl (C=O) groups is 1. The summed E-state index contributed by atoms with van der Waals surface area (Å²) in [6.07, 6.45) is 0. The normalized spacial score (nSPS) is 11.9. The van der Waals surface area contributed by atoms with E-state index in [1.54, 1.807) is 0 Å². The Bertz CT molecular complexity index is 324. The summed E-state index contributed by atoms with van der Waals surface area (Å²) in [7, 11) is 0. The first-order chi connectivity index (χ1) is 7.70. The summed E-state index contributed by atoms with van der Waals surface area (Å²) < 4.78 is 5.03. The van der Waals surface area contributed by atoms with Crippen molar-refractivity contribution in [2.45, 2.75) is 26.8 Å². The van der Waals surface area contributed by atoms with E-state index in [1.165, 1.54) is 0 Å². The van der Waals surface area contributed by atoms with Crippen molar-refractivity contribution in [3.8, 4) is 0 Å². The molecule has 0 aliphatic heterocycles. The Morgan fingerprint density at radius 1 is 1.31 bits per heavy atom. The maximum atomic E-state index is 11.7. The first-order valence-corrected chi connectivity index (χ1v) is 5.69. The van der Waals surface area contributed by atoms with E-state index in [4.69, 9.17) is 4.74 Å². The third-order valence-electron chi connectivity index (χ3n) is 2.52. The molecule has 0 N–H and O–H groups in total. The van der Waals surface area contributed by atoms with Gasteiger partial charge in [-0.2, -0.15) is 0 Å². The van der Waals surface area contributed by atoms with Gasteiger partial charge in [-0.25, -0.2) is 4.79 Å². The molecule has 0 saturated heterocycles. The lowest BCUT2D eigenvalue weighted by molar-refractivity contribution is -0.144. The third kappa shape index (κ3) is 2.99. The number of ether oxygens (including phenoxy) is 1.